The van der Waals surface area contributed by atoms with Gasteiger partial charge in [-0.2, -0.15) is 10.2 Å². The largest absolute Gasteiger partial charge is 0.275 e. The summed E-state index contributed by atoms with van der Waals surface area (Å²) >= 11 is 0. The van der Waals surface area contributed by atoms with E-state index in [2.05, 4.69) is 34.0 Å². The Morgan fingerprint density at radius 2 is 1.88 bits per heavy atom. The first-order chi connectivity index (χ1) is 12.1. The van der Waals surface area contributed by atoms with Crippen molar-refractivity contribution in [2.45, 2.75) is 27.3 Å². The lowest BCUT2D eigenvalue weighted by Crippen LogP contribution is -1.98. The van der Waals surface area contributed by atoms with Gasteiger partial charge >= 0.3 is 0 Å². The third-order valence-corrected chi connectivity index (χ3v) is 4.32. The second-order valence-electron chi connectivity index (χ2n) is 6.10. The van der Waals surface area contributed by atoms with Crippen molar-refractivity contribution in [1.82, 2.24) is 34.5 Å². The van der Waals surface area contributed by atoms with Crippen LogP contribution in [0.5, 0.6) is 0 Å². The molecule has 0 unspecified atom stereocenters. The van der Waals surface area contributed by atoms with Crippen molar-refractivity contribution in [2.75, 3.05) is 0 Å². The normalized spacial score (nSPS) is 11.4. The third-order valence-electron chi connectivity index (χ3n) is 4.32. The summed E-state index contributed by atoms with van der Waals surface area (Å²) in [6, 6.07) is 2.05. The van der Waals surface area contributed by atoms with E-state index in [0.29, 0.717) is 0 Å². The number of aromatic nitrogens is 7. The molecule has 7 heteroatoms. The molecule has 0 amide bonds. The van der Waals surface area contributed by atoms with Crippen LogP contribution < -0.4 is 0 Å². The number of nitrogens with zero attached hydrogens (tertiary/aromatic N) is 7. The first-order valence-electron chi connectivity index (χ1n) is 8.23. The molecule has 0 saturated carbocycles. The highest BCUT2D eigenvalue weighted by molar-refractivity contribution is 5.95. The molecule has 0 aromatic carbocycles. The molecule has 0 fully saturated rings. The van der Waals surface area contributed by atoms with Gasteiger partial charge in [-0.05, 0) is 26.8 Å². The molecule has 0 bridgehead atoms. The molecular formula is C18H19N7. The van der Waals surface area contributed by atoms with E-state index < -0.39 is 0 Å². The molecule has 4 rings (SSSR count). The molecule has 4 aromatic heterocycles. The number of fused-ring (bicyclic) bond motifs is 1. The fourth-order valence-corrected chi connectivity index (χ4v) is 3.02. The van der Waals surface area contributed by atoms with Gasteiger partial charge in [0.2, 0.25) is 0 Å². The maximum absolute atomic E-state index is 4.76. The third kappa shape index (κ3) is 2.57. The first kappa shape index (κ1) is 15.4. The monoisotopic (exact) mass is 333 g/mol. The molecule has 4 aromatic rings. The molecule has 0 radical (unpaired) electrons. The van der Waals surface area contributed by atoms with Crippen LogP contribution in [0.15, 0.2) is 30.9 Å². The summed E-state index contributed by atoms with van der Waals surface area (Å²) in [4.78, 5) is 13.7. The fraction of sp³-hybridized carbons (Fsp3) is 0.278. The quantitative estimate of drug-likeness (QED) is 0.576. The van der Waals surface area contributed by atoms with E-state index in [0.717, 1.165) is 51.5 Å². The first-order valence-corrected chi connectivity index (χ1v) is 8.23. The molecule has 4 heterocycles. The van der Waals surface area contributed by atoms with E-state index in [-0.39, 0.29) is 0 Å². The van der Waals surface area contributed by atoms with Crippen molar-refractivity contribution in [3.05, 3.63) is 42.2 Å². The van der Waals surface area contributed by atoms with Gasteiger partial charge in [0.1, 0.15) is 0 Å². The molecule has 126 valence electrons. The second-order valence-corrected chi connectivity index (χ2v) is 6.10. The van der Waals surface area contributed by atoms with Crippen LogP contribution in [0.4, 0.5) is 0 Å². The van der Waals surface area contributed by atoms with Crippen molar-refractivity contribution >= 4 is 11.0 Å². The van der Waals surface area contributed by atoms with Crippen molar-refractivity contribution in [3.63, 3.8) is 0 Å². The van der Waals surface area contributed by atoms with Crippen LogP contribution in [0.25, 0.3) is 33.5 Å². The van der Waals surface area contributed by atoms with Gasteiger partial charge in [0.25, 0.3) is 0 Å². The Morgan fingerprint density at radius 3 is 2.52 bits per heavy atom. The molecule has 0 atom stereocenters. The zero-order valence-electron chi connectivity index (χ0n) is 14.7. The van der Waals surface area contributed by atoms with Crippen molar-refractivity contribution in [2.24, 2.45) is 7.05 Å². The maximum Gasteiger partial charge on any atom is 0.182 e. The van der Waals surface area contributed by atoms with Crippen LogP contribution in [0, 0.1) is 13.8 Å². The molecule has 0 saturated heterocycles. The smallest absolute Gasteiger partial charge is 0.182 e. The molecule has 0 aliphatic carbocycles. The van der Waals surface area contributed by atoms with Crippen LogP contribution in [-0.4, -0.2) is 34.5 Å². The zero-order valence-corrected chi connectivity index (χ0v) is 14.7. The van der Waals surface area contributed by atoms with Gasteiger partial charge in [-0.1, -0.05) is 0 Å². The van der Waals surface area contributed by atoms with Crippen molar-refractivity contribution in [1.29, 1.82) is 0 Å². The van der Waals surface area contributed by atoms with Crippen LogP contribution in [-0.2, 0) is 13.6 Å². The lowest BCUT2D eigenvalue weighted by Gasteiger charge is -2.06. The maximum atomic E-state index is 4.76. The van der Waals surface area contributed by atoms with E-state index in [1.807, 2.05) is 37.1 Å². The number of aryl methyl sites for hydroxylation is 4. The van der Waals surface area contributed by atoms with Crippen LogP contribution in [0.1, 0.15) is 18.3 Å². The predicted molar refractivity (Wildman–Crippen MR) is 95.9 cm³/mol. The standard InChI is InChI=1S/C18H19N7/c1-5-25-12(3)17-14(16-9-19-11(2)7-20-16)6-15(22-18(17)23-25)13-8-21-24(4)10-13/h6-10H,5H2,1-4H3. The van der Waals surface area contributed by atoms with Crippen LogP contribution in [0.3, 0.4) is 0 Å². The topological polar surface area (TPSA) is 74.3 Å². The van der Waals surface area contributed by atoms with E-state index in [9.17, 15) is 0 Å². The van der Waals surface area contributed by atoms with Crippen molar-refractivity contribution < 1.29 is 0 Å². The molecule has 7 nitrogen and oxygen atoms in total. The summed E-state index contributed by atoms with van der Waals surface area (Å²) in [5.41, 5.74) is 6.30. The highest BCUT2D eigenvalue weighted by atomic mass is 15.3. The Kier molecular flexibility index (Phi) is 3.56. The lowest BCUT2D eigenvalue weighted by atomic mass is 10.0. The average molecular weight is 333 g/mol. The number of rotatable bonds is 3. The molecule has 0 aliphatic rings. The van der Waals surface area contributed by atoms with Gasteiger partial charge < -0.3 is 0 Å². The highest BCUT2D eigenvalue weighted by Crippen LogP contribution is 2.32. The second kappa shape index (κ2) is 5.77. The van der Waals surface area contributed by atoms with E-state index in [1.54, 1.807) is 17.1 Å². The summed E-state index contributed by atoms with van der Waals surface area (Å²) in [5, 5.41) is 9.93. The van der Waals surface area contributed by atoms with E-state index >= 15 is 0 Å². The Hall–Kier alpha value is -3.09. The number of pyridine rings is 1. The fourth-order valence-electron chi connectivity index (χ4n) is 3.02. The van der Waals surface area contributed by atoms with Gasteiger partial charge in [0.05, 0.1) is 34.9 Å². The van der Waals surface area contributed by atoms with E-state index in [1.165, 1.54) is 0 Å². The molecule has 0 aliphatic heterocycles. The molecule has 0 spiro atoms. The summed E-state index contributed by atoms with van der Waals surface area (Å²) in [7, 11) is 1.89. The minimum atomic E-state index is 0.720. The van der Waals surface area contributed by atoms with Gasteiger partial charge in [0.15, 0.2) is 5.65 Å². The predicted octanol–water partition coefficient (Wildman–Crippen LogP) is 2.93. The minimum Gasteiger partial charge on any atom is -0.275 e. The Balaban J connectivity index is 2.03. The molecular weight excluding hydrogens is 314 g/mol. The number of hydrogen-bond acceptors (Lipinski definition) is 5. The Labute approximate surface area is 145 Å². The summed E-state index contributed by atoms with van der Waals surface area (Å²) < 4.78 is 3.73. The van der Waals surface area contributed by atoms with Gasteiger partial charge in [-0.25, -0.2) is 4.98 Å². The Bertz CT molecular complexity index is 1060. The summed E-state index contributed by atoms with van der Waals surface area (Å²) in [6.07, 6.45) is 7.34. The molecule has 0 N–H and O–H groups in total. The van der Waals surface area contributed by atoms with Crippen LogP contribution >= 0.6 is 0 Å². The zero-order chi connectivity index (χ0) is 17.6. The van der Waals surface area contributed by atoms with Crippen molar-refractivity contribution in [3.8, 4) is 22.5 Å². The minimum absolute atomic E-state index is 0.720. The lowest BCUT2D eigenvalue weighted by molar-refractivity contribution is 0.646. The highest BCUT2D eigenvalue weighted by Gasteiger charge is 2.17. The average Bonchev–Trinajstić information content (AvgIpc) is 3.18. The van der Waals surface area contributed by atoms with Crippen LogP contribution in [0.2, 0.25) is 0 Å². The van der Waals surface area contributed by atoms with Gasteiger partial charge in [-0.15, -0.1) is 0 Å². The number of hydrogen-bond donors (Lipinski definition) is 0. The SMILES string of the molecule is CCn1nc2nc(-c3cnn(C)c3)cc(-c3cnc(C)cn3)c2c1C. The van der Waals surface area contributed by atoms with Gasteiger partial charge in [-0.3, -0.25) is 19.3 Å². The molecule has 25 heavy (non-hydrogen) atoms. The van der Waals surface area contributed by atoms with Gasteiger partial charge in [0, 0.05) is 42.8 Å². The Morgan fingerprint density at radius 1 is 1.04 bits per heavy atom. The summed E-state index contributed by atoms with van der Waals surface area (Å²) in [5.74, 6) is 0. The summed E-state index contributed by atoms with van der Waals surface area (Å²) in [6.45, 7) is 6.87. The van der Waals surface area contributed by atoms with E-state index in [4.69, 9.17) is 4.98 Å².